The average molecular weight is 193 g/mol. The minimum atomic E-state index is -0.178. The van der Waals surface area contributed by atoms with E-state index in [4.69, 9.17) is 4.74 Å². The van der Waals surface area contributed by atoms with Gasteiger partial charge in [0.15, 0.2) is 0 Å². The molecule has 0 saturated carbocycles. The van der Waals surface area contributed by atoms with Gasteiger partial charge in [0, 0.05) is 19.2 Å². The lowest BCUT2D eigenvalue weighted by Crippen LogP contribution is -2.17. The topological polar surface area (TPSA) is 21.6 Å². The van der Waals surface area contributed by atoms with Gasteiger partial charge < -0.3 is 4.74 Å². The molecule has 0 fully saturated rings. The molecule has 0 radical (unpaired) electrons. The zero-order chi connectivity index (χ0) is 9.97. The van der Waals surface area contributed by atoms with Gasteiger partial charge in [0.2, 0.25) is 0 Å². The van der Waals surface area contributed by atoms with Crippen molar-refractivity contribution in [3.8, 4) is 0 Å². The van der Waals surface area contributed by atoms with Crippen molar-refractivity contribution in [1.82, 2.24) is 0 Å². The molecule has 0 amide bonds. The fourth-order valence-electron chi connectivity index (χ4n) is 1.71. The molecule has 0 saturated heterocycles. The third-order valence-electron chi connectivity index (χ3n) is 2.34. The van der Waals surface area contributed by atoms with Crippen LogP contribution in [0.4, 0.5) is 4.39 Å². The van der Waals surface area contributed by atoms with Crippen LogP contribution in [0.2, 0.25) is 0 Å². The number of aliphatic imine (C=N–C) groups is 1. The molecule has 1 aliphatic rings. The van der Waals surface area contributed by atoms with E-state index in [0.717, 1.165) is 29.8 Å². The van der Waals surface area contributed by atoms with Gasteiger partial charge in [-0.2, -0.15) is 0 Å². The minimum absolute atomic E-state index is 0.178. The second-order valence-corrected chi connectivity index (χ2v) is 3.31. The number of methoxy groups -OCH3 is 1. The highest BCUT2D eigenvalue weighted by atomic mass is 19.1. The fraction of sp³-hybridized carbons (Fsp3) is 0.364. The first-order valence-corrected chi connectivity index (χ1v) is 4.62. The molecule has 0 unspecified atom stereocenters. The average Bonchev–Trinajstić information content (AvgIpc) is 2.18. The van der Waals surface area contributed by atoms with Gasteiger partial charge in [0.05, 0.1) is 12.3 Å². The third-order valence-corrected chi connectivity index (χ3v) is 2.34. The molecule has 1 heterocycles. The number of benzene rings is 1. The lowest BCUT2D eigenvalue weighted by molar-refractivity contribution is 0.245. The maximum atomic E-state index is 12.9. The van der Waals surface area contributed by atoms with Crippen molar-refractivity contribution >= 4 is 5.71 Å². The number of ether oxygens (including phenoxy) is 1. The Kier molecular flexibility index (Phi) is 2.59. The van der Waals surface area contributed by atoms with Crippen LogP contribution in [0, 0.1) is 5.82 Å². The highest BCUT2D eigenvalue weighted by Gasteiger charge is 2.13. The molecule has 2 rings (SSSR count). The highest BCUT2D eigenvalue weighted by molar-refractivity contribution is 6.03. The lowest BCUT2D eigenvalue weighted by Gasteiger charge is -2.16. The Hall–Kier alpha value is -1.22. The second-order valence-electron chi connectivity index (χ2n) is 3.31. The van der Waals surface area contributed by atoms with Crippen molar-refractivity contribution in [3.05, 3.63) is 35.1 Å². The Balaban J connectivity index is 2.38. The summed E-state index contributed by atoms with van der Waals surface area (Å²) in [7, 11) is 1.64. The van der Waals surface area contributed by atoms with Gasteiger partial charge in [-0.15, -0.1) is 0 Å². The van der Waals surface area contributed by atoms with Gasteiger partial charge in [-0.1, -0.05) is 0 Å². The standard InChI is InChI=1S/C11H12FNO/c1-14-7-11-10-3-2-9(12)6-8(10)4-5-13-11/h2-3,6H,4-5,7H2,1H3. The van der Waals surface area contributed by atoms with Crippen molar-refractivity contribution < 1.29 is 9.13 Å². The monoisotopic (exact) mass is 193 g/mol. The normalized spacial score (nSPS) is 14.9. The van der Waals surface area contributed by atoms with Crippen LogP contribution in [0.25, 0.3) is 0 Å². The molecule has 0 N–H and O–H groups in total. The number of rotatable bonds is 2. The number of hydrogen-bond donors (Lipinski definition) is 0. The second kappa shape index (κ2) is 3.88. The summed E-state index contributed by atoms with van der Waals surface area (Å²) in [5, 5.41) is 0. The smallest absolute Gasteiger partial charge is 0.123 e. The molecule has 0 aromatic heterocycles. The van der Waals surface area contributed by atoms with Crippen molar-refractivity contribution in [2.45, 2.75) is 6.42 Å². The van der Waals surface area contributed by atoms with E-state index in [1.54, 1.807) is 19.2 Å². The van der Waals surface area contributed by atoms with Crippen LogP contribution in [0.5, 0.6) is 0 Å². The number of fused-ring (bicyclic) bond motifs is 1. The summed E-state index contributed by atoms with van der Waals surface area (Å²) in [5.74, 6) is -0.178. The Morgan fingerprint density at radius 3 is 3.14 bits per heavy atom. The van der Waals surface area contributed by atoms with Crippen LogP contribution in [0.1, 0.15) is 11.1 Å². The molecular weight excluding hydrogens is 181 g/mol. The van der Waals surface area contributed by atoms with Gasteiger partial charge >= 0.3 is 0 Å². The third kappa shape index (κ3) is 1.68. The van der Waals surface area contributed by atoms with Crippen molar-refractivity contribution in [2.24, 2.45) is 4.99 Å². The van der Waals surface area contributed by atoms with Crippen LogP contribution < -0.4 is 0 Å². The molecular formula is C11H12FNO. The zero-order valence-electron chi connectivity index (χ0n) is 8.09. The van der Waals surface area contributed by atoms with E-state index in [2.05, 4.69) is 4.99 Å². The minimum Gasteiger partial charge on any atom is -0.378 e. The van der Waals surface area contributed by atoms with Crippen LogP contribution in [0.3, 0.4) is 0 Å². The van der Waals surface area contributed by atoms with Crippen LogP contribution in [-0.4, -0.2) is 26.0 Å². The quantitative estimate of drug-likeness (QED) is 0.702. The Morgan fingerprint density at radius 2 is 2.36 bits per heavy atom. The molecule has 14 heavy (non-hydrogen) atoms. The maximum absolute atomic E-state index is 12.9. The van der Waals surface area contributed by atoms with Gasteiger partial charge in [-0.25, -0.2) is 4.39 Å². The van der Waals surface area contributed by atoms with Crippen LogP contribution in [0.15, 0.2) is 23.2 Å². The number of hydrogen-bond acceptors (Lipinski definition) is 2. The largest absolute Gasteiger partial charge is 0.378 e. The summed E-state index contributed by atoms with van der Waals surface area (Å²) in [6.07, 6.45) is 0.820. The van der Waals surface area contributed by atoms with E-state index in [1.807, 2.05) is 0 Å². The Bertz CT molecular complexity index is 374. The van der Waals surface area contributed by atoms with Crippen molar-refractivity contribution in [1.29, 1.82) is 0 Å². The first-order valence-electron chi connectivity index (χ1n) is 4.62. The molecule has 1 aliphatic heterocycles. The summed E-state index contributed by atoms with van der Waals surface area (Å²) >= 11 is 0. The first-order chi connectivity index (χ1) is 6.81. The number of nitrogens with zero attached hydrogens (tertiary/aromatic N) is 1. The van der Waals surface area contributed by atoms with E-state index in [-0.39, 0.29) is 5.82 Å². The van der Waals surface area contributed by atoms with E-state index in [0.29, 0.717) is 6.61 Å². The van der Waals surface area contributed by atoms with E-state index < -0.39 is 0 Å². The van der Waals surface area contributed by atoms with Gasteiger partial charge in [-0.05, 0) is 30.2 Å². The molecule has 1 aromatic rings. The molecule has 3 heteroatoms. The fourth-order valence-corrected chi connectivity index (χ4v) is 1.71. The maximum Gasteiger partial charge on any atom is 0.123 e. The summed E-state index contributed by atoms with van der Waals surface area (Å²) in [6, 6.07) is 4.83. The van der Waals surface area contributed by atoms with Gasteiger partial charge in [0.25, 0.3) is 0 Å². The van der Waals surface area contributed by atoms with Crippen molar-refractivity contribution in [2.75, 3.05) is 20.3 Å². The summed E-state index contributed by atoms with van der Waals surface area (Å²) < 4.78 is 18.0. The van der Waals surface area contributed by atoms with Gasteiger partial charge in [-0.3, -0.25) is 4.99 Å². The summed E-state index contributed by atoms with van der Waals surface area (Å²) in [6.45, 7) is 1.23. The van der Waals surface area contributed by atoms with E-state index in [9.17, 15) is 4.39 Å². The molecule has 0 aliphatic carbocycles. The van der Waals surface area contributed by atoms with Gasteiger partial charge in [0.1, 0.15) is 5.82 Å². The summed E-state index contributed by atoms with van der Waals surface area (Å²) in [5.41, 5.74) is 2.99. The summed E-state index contributed by atoms with van der Waals surface area (Å²) in [4.78, 5) is 4.36. The molecule has 0 bridgehead atoms. The van der Waals surface area contributed by atoms with E-state index in [1.165, 1.54) is 6.07 Å². The van der Waals surface area contributed by atoms with Crippen LogP contribution >= 0.6 is 0 Å². The van der Waals surface area contributed by atoms with E-state index >= 15 is 0 Å². The van der Waals surface area contributed by atoms with Crippen LogP contribution in [-0.2, 0) is 11.2 Å². The Morgan fingerprint density at radius 1 is 1.50 bits per heavy atom. The molecule has 2 nitrogen and oxygen atoms in total. The lowest BCUT2D eigenvalue weighted by atomic mass is 9.98. The van der Waals surface area contributed by atoms with Crippen molar-refractivity contribution in [3.63, 3.8) is 0 Å². The molecule has 74 valence electrons. The zero-order valence-corrected chi connectivity index (χ0v) is 8.09. The first kappa shape index (κ1) is 9.34. The predicted octanol–water partition coefficient (Wildman–Crippen LogP) is 1.82. The molecule has 0 atom stereocenters. The molecule has 0 spiro atoms. The Labute approximate surface area is 82.4 Å². The number of halogens is 1. The predicted molar refractivity (Wildman–Crippen MR) is 53.4 cm³/mol. The molecule has 1 aromatic carbocycles. The SMILES string of the molecule is COCC1=NCCc2cc(F)ccc21. The highest BCUT2D eigenvalue weighted by Crippen LogP contribution is 2.17.